The van der Waals surface area contributed by atoms with Gasteiger partial charge in [-0.05, 0) is 19.9 Å². The first-order chi connectivity index (χ1) is 10.5. The Morgan fingerprint density at radius 3 is 2.35 bits per heavy atom. The molecular formula is C14H21F3N4O2. The van der Waals surface area contributed by atoms with E-state index in [9.17, 15) is 23.1 Å². The van der Waals surface area contributed by atoms with E-state index in [1.165, 1.54) is 0 Å². The highest BCUT2D eigenvalue weighted by molar-refractivity contribution is 5.76. The third kappa shape index (κ3) is 5.21. The normalized spacial score (nSPS) is 17.6. The lowest BCUT2D eigenvalue weighted by atomic mass is 10.1. The van der Waals surface area contributed by atoms with Gasteiger partial charge in [0.2, 0.25) is 5.91 Å². The number of aromatic nitrogens is 2. The van der Waals surface area contributed by atoms with Gasteiger partial charge in [0, 0.05) is 38.9 Å². The molecule has 130 valence electrons. The van der Waals surface area contributed by atoms with E-state index in [4.69, 9.17) is 0 Å². The minimum Gasteiger partial charge on any atom is -0.389 e. The number of aliphatic hydroxyl groups is 1. The number of hydrogen-bond acceptors (Lipinski definition) is 4. The van der Waals surface area contributed by atoms with Gasteiger partial charge in [-0.15, -0.1) is 0 Å². The molecule has 1 aliphatic rings. The van der Waals surface area contributed by atoms with Crippen LogP contribution in [0.4, 0.5) is 13.2 Å². The fraction of sp³-hybridized carbons (Fsp3) is 0.714. The predicted octanol–water partition coefficient (Wildman–Crippen LogP) is 0.817. The maximum Gasteiger partial charge on any atom is 0.435 e. The zero-order valence-electron chi connectivity index (χ0n) is 13.2. The smallest absolute Gasteiger partial charge is 0.389 e. The number of β-amino-alcohol motifs (C(OH)–C–C–N with tert-alkyl or cyclic N) is 1. The Kier molecular flexibility index (Phi) is 5.00. The average Bonchev–Trinajstić information content (AvgIpc) is 2.86. The Labute approximate surface area is 132 Å². The van der Waals surface area contributed by atoms with Gasteiger partial charge in [0.25, 0.3) is 0 Å². The molecule has 2 heterocycles. The quantitative estimate of drug-likeness (QED) is 0.885. The topological polar surface area (TPSA) is 61.6 Å². The average molecular weight is 334 g/mol. The van der Waals surface area contributed by atoms with Crippen LogP contribution >= 0.6 is 0 Å². The number of piperazine rings is 1. The maximum atomic E-state index is 12.5. The third-order valence-electron chi connectivity index (χ3n) is 3.56. The first-order valence-electron chi connectivity index (χ1n) is 7.38. The van der Waals surface area contributed by atoms with Crippen LogP contribution in [0.3, 0.4) is 0 Å². The molecule has 0 bridgehead atoms. The van der Waals surface area contributed by atoms with Crippen molar-refractivity contribution in [2.75, 3.05) is 32.7 Å². The zero-order valence-corrected chi connectivity index (χ0v) is 13.2. The molecule has 9 heteroatoms. The van der Waals surface area contributed by atoms with Gasteiger partial charge in [-0.2, -0.15) is 18.3 Å². The second-order valence-corrected chi connectivity index (χ2v) is 6.37. The van der Waals surface area contributed by atoms with Gasteiger partial charge in [-0.25, -0.2) is 0 Å². The Bertz CT molecular complexity index is 543. The van der Waals surface area contributed by atoms with Crippen molar-refractivity contribution in [1.82, 2.24) is 19.6 Å². The summed E-state index contributed by atoms with van der Waals surface area (Å²) in [6, 6.07) is 0.856. The van der Waals surface area contributed by atoms with Crippen molar-refractivity contribution in [3.05, 3.63) is 18.0 Å². The molecule has 0 atom stereocenters. The summed E-state index contributed by atoms with van der Waals surface area (Å²) in [5, 5.41) is 13.2. The van der Waals surface area contributed by atoms with Crippen LogP contribution < -0.4 is 0 Å². The highest BCUT2D eigenvalue weighted by Gasteiger charge is 2.34. The van der Waals surface area contributed by atoms with E-state index in [2.05, 4.69) is 10.00 Å². The minimum absolute atomic E-state index is 0.207. The summed E-state index contributed by atoms with van der Waals surface area (Å²) >= 11 is 0. The molecule has 23 heavy (non-hydrogen) atoms. The first kappa shape index (κ1) is 17.7. The Hall–Kier alpha value is -1.61. The number of carbonyl (C=O) groups excluding carboxylic acids is 1. The van der Waals surface area contributed by atoms with Gasteiger partial charge in [-0.1, -0.05) is 0 Å². The SMILES string of the molecule is CC(C)(O)CN1CCN(C(=O)Cn2ccc(C(F)(F)F)n2)CC1. The van der Waals surface area contributed by atoms with E-state index in [0.717, 1.165) is 16.9 Å². The number of halogens is 3. The fourth-order valence-electron chi connectivity index (χ4n) is 2.54. The van der Waals surface area contributed by atoms with Crippen molar-refractivity contribution < 1.29 is 23.1 Å². The summed E-state index contributed by atoms with van der Waals surface area (Å²) in [5.41, 5.74) is -1.80. The highest BCUT2D eigenvalue weighted by Crippen LogP contribution is 2.27. The van der Waals surface area contributed by atoms with Crippen LogP contribution in [0.2, 0.25) is 0 Å². The summed E-state index contributed by atoms with van der Waals surface area (Å²) in [6.07, 6.45) is -3.34. The summed E-state index contributed by atoms with van der Waals surface area (Å²) in [7, 11) is 0. The largest absolute Gasteiger partial charge is 0.435 e. The van der Waals surface area contributed by atoms with Crippen molar-refractivity contribution in [2.24, 2.45) is 0 Å². The minimum atomic E-state index is -4.50. The lowest BCUT2D eigenvalue weighted by molar-refractivity contribution is -0.142. The van der Waals surface area contributed by atoms with E-state index in [0.29, 0.717) is 32.7 Å². The number of amides is 1. The standard InChI is InChI=1S/C14H21F3N4O2/c1-13(2,23)10-19-5-7-20(8-6-19)12(22)9-21-4-3-11(18-21)14(15,16)17/h3-4,23H,5-10H2,1-2H3. The molecule has 0 aromatic carbocycles. The second-order valence-electron chi connectivity index (χ2n) is 6.37. The molecule has 0 aliphatic carbocycles. The molecule has 0 radical (unpaired) electrons. The monoisotopic (exact) mass is 334 g/mol. The fourth-order valence-corrected chi connectivity index (χ4v) is 2.54. The van der Waals surface area contributed by atoms with Crippen molar-refractivity contribution in [1.29, 1.82) is 0 Å². The van der Waals surface area contributed by atoms with Gasteiger partial charge in [-0.3, -0.25) is 14.4 Å². The number of alkyl halides is 3. The molecule has 0 unspecified atom stereocenters. The van der Waals surface area contributed by atoms with Crippen molar-refractivity contribution >= 4 is 5.91 Å². The van der Waals surface area contributed by atoms with Crippen molar-refractivity contribution in [2.45, 2.75) is 32.2 Å². The van der Waals surface area contributed by atoms with Gasteiger partial charge in [0.15, 0.2) is 5.69 Å². The van der Waals surface area contributed by atoms with Crippen LogP contribution in [-0.4, -0.2) is 68.9 Å². The Morgan fingerprint density at radius 1 is 1.26 bits per heavy atom. The van der Waals surface area contributed by atoms with Gasteiger partial charge in [0.1, 0.15) is 6.54 Å². The number of nitrogens with zero attached hydrogens (tertiary/aromatic N) is 4. The highest BCUT2D eigenvalue weighted by atomic mass is 19.4. The van der Waals surface area contributed by atoms with Crippen LogP contribution in [0.15, 0.2) is 12.3 Å². The summed E-state index contributed by atoms with van der Waals surface area (Å²) < 4.78 is 38.4. The molecule has 1 amide bonds. The second kappa shape index (κ2) is 6.48. The molecular weight excluding hydrogens is 313 g/mol. The molecule has 1 aromatic heterocycles. The van der Waals surface area contributed by atoms with Crippen LogP contribution in [0.1, 0.15) is 19.5 Å². The molecule has 1 N–H and O–H groups in total. The van der Waals surface area contributed by atoms with Gasteiger partial charge >= 0.3 is 6.18 Å². The molecule has 1 aliphatic heterocycles. The van der Waals surface area contributed by atoms with Crippen LogP contribution in [0.25, 0.3) is 0 Å². The molecule has 0 saturated carbocycles. The molecule has 1 aromatic rings. The molecule has 0 spiro atoms. The molecule has 1 saturated heterocycles. The predicted molar refractivity (Wildman–Crippen MR) is 76.5 cm³/mol. The van der Waals surface area contributed by atoms with Crippen LogP contribution in [0.5, 0.6) is 0 Å². The molecule has 6 nitrogen and oxygen atoms in total. The Balaban J connectivity index is 1.85. The van der Waals surface area contributed by atoms with Gasteiger partial charge in [0.05, 0.1) is 5.60 Å². The van der Waals surface area contributed by atoms with Gasteiger partial charge < -0.3 is 10.0 Å². The maximum absolute atomic E-state index is 12.5. The van der Waals surface area contributed by atoms with Crippen LogP contribution in [-0.2, 0) is 17.5 Å². The first-order valence-corrected chi connectivity index (χ1v) is 7.38. The lowest BCUT2D eigenvalue weighted by Gasteiger charge is -2.37. The lowest BCUT2D eigenvalue weighted by Crippen LogP contribution is -2.52. The van der Waals surface area contributed by atoms with E-state index < -0.39 is 17.5 Å². The summed E-state index contributed by atoms with van der Waals surface area (Å²) in [4.78, 5) is 15.8. The summed E-state index contributed by atoms with van der Waals surface area (Å²) in [5.74, 6) is -0.260. The number of rotatable bonds is 4. The molecule has 1 fully saturated rings. The molecule has 2 rings (SSSR count). The van der Waals surface area contributed by atoms with Crippen molar-refractivity contribution in [3.63, 3.8) is 0 Å². The summed E-state index contributed by atoms with van der Waals surface area (Å²) in [6.45, 7) is 5.99. The van der Waals surface area contributed by atoms with E-state index >= 15 is 0 Å². The zero-order chi connectivity index (χ0) is 17.3. The van der Waals surface area contributed by atoms with Crippen molar-refractivity contribution in [3.8, 4) is 0 Å². The Morgan fingerprint density at radius 2 is 1.87 bits per heavy atom. The third-order valence-corrected chi connectivity index (χ3v) is 3.56. The number of carbonyl (C=O) groups is 1. The van der Waals surface area contributed by atoms with Crippen LogP contribution in [0, 0.1) is 0 Å². The van der Waals surface area contributed by atoms with E-state index in [1.807, 2.05) is 0 Å². The number of hydrogen-bond donors (Lipinski definition) is 1. The van der Waals surface area contributed by atoms with E-state index in [-0.39, 0.29) is 12.5 Å². The van der Waals surface area contributed by atoms with E-state index in [1.54, 1.807) is 18.7 Å².